The lowest BCUT2D eigenvalue weighted by molar-refractivity contribution is -0.152. The molecule has 2 atom stereocenters. The number of imide groups is 2. The van der Waals surface area contributed by atoms with Crippen molar-refractivity contribution < 1.29 is 33.5 Å². The number of aromatic nitrogens is 4. The van der Waals surface area contributed by atoms with Crippen LogP contribution < -0.4 is 20.3 Å². The number of carbonyl (C=O) groups is 6. The summed E-state index contributed by atoms with van der Waals surface area (Å²) in [6.45, 7) is 6.39. The van der Waals surface area contributed by atoms with Gasteiger partial charge in [-0.15, -0.1) is 0 Å². The van der Waals surface area contributed by atoms with Crippen LogP contribution in [-0.4, -0.2) is 122 Å². The third kappa shape index (κ3) is 7.97. The van der Waals surface area contributed by atoms with Crippen LogP contribution in [0.3, 0.4) is 0 Å². The van der Waals surface area contributed by atoms with Crippen molar-refractivity contribution >= 4 is 81.1 Å². The van der Waals surface area contributed by atoms with Crippen LogP contribution in [0.4, 0.5) is 11.5 Å². The first-order valence-electron chi connectivity index (χ1n) is 22.2. The zero-order valence-electron chi connectivity index (χ0n) is 36.0. The van der Waals surface area contributed by atoms with Crippen molar-refractivity contribution in [3.8, 4) is 17.0 Å². The number of pyridine rings is 2. The van der Waals surface area contributed by atoms with E-state index in [0.29, 0.717) is 79.0 Å². The fourth-order valence-corrected chi connectivity index (χ4v) is 10.7. The Kier molecular flexibility index (Phi) is 11.4. The van der Waals surface area contributed by atoms with Crippen LogP contribution in [-0.2, 0) is 19.2 Å². The van der Waals surface area contributed by atoms with E-state index in [-0.39, 0.29) is 53.5 Å². The number of piperidine rings is 2. The molecule has 340 valence electrons. The number of amides is 6. The summed E-state index contributed by atoms with van der Waals surface area (Å²) in [6, 6.07) is 13.6. The number of fused-ring (bicyclic) bond motifs is 2. The summed E-state index contributed by atoms with van der Waals surface area (Å²) in [5.74, 6) is -0.666. The molecule has 5 aliphatic heterocycles. The zero-order valence-corrected chi connectivity index (χ0v) is 37.5. The first kappa shape index (κ1) is 43.3. The molecule has 4 saturated heterocycles. The van der Waals surface area contributed by atoms with E-state index in [1.165, 1.54) is 0 Å². The number of H-pyrrole nitrogens is 1. The topological polar surface area (TPSA) is 203 Å². The Morgan fingerprint density at radius 3 is 2.42 bits per heavy atom. The molecule has 0 saturated carbocycles. The second-order valence-electron chi connectivity index (χ2n) is 17.9. The predicted molar refractivity (Wildman–Crippen MR) is 244 cm³/mol. The molecule has 5 aliphatic rings. The second-order valence-corrected chi connectivity index (χ2v) is 18.7. The fraction of sp³-hybridized carbons (Fsp3) is 0.383. The Bertz CT molecular complexity index is 2780. The average Bonchev–Trinajstić information content (AvgIpc) is 3.81. The summed E-state index contributed by atoms with van der Waals surface area (Å²) in [7, 11) is 0. The van der Waals surface area contributed by atoms with Crippen LogP contribution in [0.5, 0.6) is 5.75 Å². The highest BCUT2D eigenvalue weighted by Crippen LogP contribution is 2.43. The van der Waals surface area contributed by atoms with Crippen LogP contribution >= 0.6 is 23.2 Å². The molecule has 1 spiro atoms. The standard InChI is InChI=1S/C47H46Cl2N10O7/c1-26(40-32(48)20-50-21-33(40)49)66-29-8-9-34-31(18-29)42(55-54-34)28-7-11-37(52-19-28)57-22-47(23-57)24-58(25-47)44(63)27-13-16-56(17-14-27)39(61)6-3-15-51-35-5-2-4-30-41(35)46(65)59(45(30)64)36-10-12-38(60)53-43(36)62/h2,4-5,7-9,11,18-21,26-27,36,51H,3,6,10,12-17,22-25H2,1H3,(H,54,55)(H,53,60,62)/t26-,36?/m1/s1. The molecule has 4 fully saturated rings. The van der Waals surface area contributed by atoms with Gasteiger partial charge in [0.05, 0.1) is 26.7 Å². The van der Waals surface area contributed by atoms with Crippen molar-refractivity contribution in [2.75, 3.05) is 56.0 Å². The summed E-state index contributed by atoms with van der Waals surface area (Å²) < 4.78 is 6.24. The minimum absolute atomic E-state index is 0.0106. The lowest BCUT2D eigenvalue weighted by atomic mass is 9.72. The van der Waals surface area contributed by atoms with Crippen LogP contribution in [0, 0.1) is 11.3 Å². The van der Waals surface area contributed by atoms with Gasteiger partial charge in [-0.1, -0.05) is 29.3 Å². The number of nitrogens with zero attached hydrogens (tertiary/aromatic N) is 7. The average molecular weight is 934 g/mol. The molecule has 8 heterocycles. The number of ether oxygens (including phenoxy) is 1. The highest BCUT2D eigenvalue weighted by Gasteiger charge is 2.54. The van der Waals surface area contributed by atoms with Gasteiger partial charge in [-0.3, -0.25) is 49.1 Å². The smallest absolute Gasteiger partial charge is 0.264 e. The Balaban J connectivity index is 0.656. The number of rotatable bonds is 12. The number of hydrogen-bond acceptors (Lipinski definition) is 12. The normalized spacial score (nSPS) is 19.7. The van der Waals surface area contributed by atoms with E-state index in [1.807, 2.05) is 53.3 Å². The van der Waals surface area contributed by atoms with Crippen molar-refractivity contribution in [3.63, 3.8) is 0 Å². The number of likely N-dealkylation sites (tertiary alicyclic amines) is 2. The molecule has 0 aliphatic carbocycles. The summed E-state index contributed by atoms with van der Waals surface area (Å²) in [4.78, 5) is 93.1. The number of hydrogen-bond donors (Lipinski definition) is 3. The SMILES string of the molecule is C[C@@H](Oc1ccc2[nH]nc(-c3ccc(N4CC5(CN(C(=O)C6CCN(C(=O)CCCNc7cccc8c7C(=O)N(C7CCC(=O)NC7=O)C8=O)CC6)C5)C4)nc3)c2c1)c1c(Cl)cncc1Cl. The summed E-state index contributed by atoms with van der Waals surface area (Å²) in [5, 5.41) is 14.9. The maximum Gasteiger partial charge on any atom is 0.264 e. The summed E-state index contributed by atoms with van der Waals surface area (Å²) in [5.41, 5.74) is 4.05. The molecule has 3 aromatic heterocycles. The molecule has 66 heavy (non-hydrogen) atoms. The van der Waals surface area contributed by atoms with Gasteiger partial charge in [0.15, 0.2) is 0 Å². The van der Waals surface area contributed by atoms with E-state index in [0.717, 1.165) is 46.0 Å². The number of nitrogens with one attached hydrogen (secondary N) is 3. The Morgan fingerprint density at radius 1 is 0.924 bits per heavy atom. The highest BCUT2D eigenvalue weighted by atomic mass is 35.5. The zero-order chi connectivity index (χ0) is 45.9. The van der Waals surface area contributed by atoms with Crippen LogP contribution in [0.1, 0.15) is 77.8 Å². The molecule has 1 unspecified atom stereocenters. The first-order valence-corrected chi connectivity index (χ1v) is 22.9. The van der Waals surface area contributed by atoms with Gasteiger partial charge in [0, 0.05) is 111 Å². The van der Waals surface area contributed by atoms with Crippen LogP contribution in [0.25, 0.3) is 22.2 Å². The largest absolute Gasteiger partial charge is 0.486 e. The molecule has 2 aromatic carbocycles. The number of halogens is 2. The molecule has 17 nitrogen and oxygen atoms in total. The van der Waals surface area contributed by atoms with Crippen LogP contribution in [0.15, 0.2) is 67.1 Å². The van der Waals surface area contributed by atoms with E-state index >= 15 is 0 Å². The van der Waals surface area contributed by atoms with E-state index < -0.39 is 35.8 Å². The molecular formula is C47H46Cl2N10O7. The number of carbonyl (C=O) groups excluding carboxylic acids is 6. The Morgan fingerprint density at radius 2 is 1.70 bits per heavy atom. The highest BCUT2D eigenvalue weighted by molar-refractivity contribution is 6.35. The van der Waals surface area contributed by atoms with Crippen LogP contribution in [0.2, 0.25) is 10.0 Å². The lowest BCUT2D eigenvalue weighted by Gasteiger charge is -2.61. The van der Waals surface area contributed by atoms with Gasteiger partial charge in [-0.05, 0) is 75.1 Å². The van der Waals surface area contributed by atoms with Gasteiger partial charge in [0.2, 0.25) is 23.6 Å². The van der Waals surface area contributed by atoms with E-state index in [9.17, 15) is 28.8 Å². The van der Waals surface area contributed by atoms with Crippen molar-refractivity contribution in [2.45, 2.75) is 57.6 Å². The summed E-state index contributed by atoms with van der Waals surface area (Å²) in [6.07, 6.45) is 6.66. The minimum Gasteiger partial charge on any atom is -0.486 e. The van der Waals surface area contributed by atoms with Gasteiger partial charge in [0.1, 0.15) is 29.4 Å². The molecular weight excluding hydrogens is 887 g/mol. The van der Waals surface area contributed by atoms with Gasteiger partial charge < -0.3 is 24.8 Å². The van der Waals surface area contributed by atoms with Crippen molar-refractivity contribution in [3.05, 3.63) is 93.9 Å². The fourth-order valence-electron chi connectivity index (χ4n) is 10.0. The second kappa shape index (κ2) is 17.3. The molecule has 6 amide bonds. The van der Waals surface area contributed by atoms with E-state index in [4.69, 9.17) is 32.9 Å². The van der Waals surface area contributed by atoms with E-state index in [1.54, 1.807) is 30.6 Å². The molecule has 5 aromatic rings. The maximum atomic E-state index is 13.5. The molecule has 19 heteroatoms. The quantitative estimate of drug-likeness (QED) is 0.103. The maximum absolute atomic E-state index is 13.5. The third-order valence-electron chi connectivity index (χ3n) is 13.5. The Labute approximate surface area is 389 Å². The van der Waals surface area contributed by atoms with Crippen molar-refractivity contribution in [2.24, 2.45) is 11.3 Å². The van der Waals surface area contributed by atoms with Crippen molar-refractivity contribution in [1.29, 1.82) is 0 Å². The number of benzene rings is 2. The third-order valence-corrected chi connectivity index (χ3v) is 14.1. The molecule has 0 bridgehead atoms. The predicted octanol–water partition coefficient (Wildman–Crippen LogP) is 5.65. The van der Waals surface area contributed by atoms with Gasteiger partial charge in [0.25, 0.3) is 11.8 Å². The monoisotopic (exact) mass is 932 g/mol. The molecule has 0 radical (unpaired) electrons. The van der Waals surface area contributed by atoms with Crippen molar-refractivity contribution in [1.82, 2.24) is 40.2 Å². The Hall–Kier alpha value is -6.59. The molecule has 3 N–H and O–H groups in total. The van der Waals surface area contributed by atoms with Gasteiger partial charge >= 0.3 is 0 Å². The van der Waals surface area contributed by atoms with Gasteiger partial charge in [-0.25, -0.2) is 4.98 Å². The lowest BCUT2D eigenvalue weighted by Crippen LogP contribution is -2.73. The van der Waals surface area contributed by atoms with Gasteiger partial charge in [-0.2, -0.15) is 5.10 Å². The first-order chi connectivity index (χ1) is 31.9. The minimum atomic E-state index is -1.04. The summed E-state index contributed by atoms with van der Waals surface area (Å²) >= 11 is 12.7. The number of anilines is 2. The van der Waals surface area contributed by atoms with E-state index in [2.05, 4.69) is 30.7 Å². The molecule has 10 rings (SSSR count). The number of aromatic amines is 1.